The molecule has 2 aromatic carbocycles. The molecule has 0 saturated carbocycles. The maximum Gasteiger partial charge on any atom is 0.345 e. The lowest BCUT2D eigenvalue weighted by Crippen LogP contribution is -2.21. The molecule has 4 rings (SSSR count). The van der Waals surface area contributed by atoms with Gasteiger partial charge in [0, 0.05) is 29.5 Å². The molecule has 0 radical (unpaired) electrons. The summed E-state index contributed by atoms with van der Waals surface area (Å²) in [6.45, 7) is 6.14. The smallest absolute Gasteiger partial charge is 0.345 e. The summed E-state index contributed by atoms with van der Waals surface area (Å²) in [5.41, 5.74) is 2.95. The molecule has 0 aliphatic carbocycles. The third kappa shape index (κ3) is 2.22. The first-order valence-corrected chi connectivity index (χ1v) is 8.22. The monoisotopic (exact) mass is 318 g/mol. The highest BCUT2D eigenvalue weighted by Crippen LogP contribution is 2.27. The summed E-state index contributed by atoms with van der Waals surface area (Å²) in [6, 6.07) is 15.6. The molecule has 4 heteroatoms. The Morgan fingerprint density at radius 1 is 1.00 bits per heavy atom. The molecule has 0 unspecified atom stereocenters. The lowest BCUT2D eigenvalue weighted by Gasteiger charge is -2.21. The SMILES string of the molecule is CCN(CC)c1ccc2nc3c(cc2c1)c(=O)oc1ccccc13. The van der Waals surface area contributed by atoms with Crippen molar-refractivity contribution in [1.82, 2.24) is 4.98 Å². The molecule has 0 aliphatic rings. The van der Waals surface area contributed by atoms with Crippen LogP contribution in [0, 0.1) is 0 Å². The zero-order chi connectivity index (χ0) is 16.7. The van der Waals surface area contributed by atoms with Crippen LogP contribution >= 0.6 is 0 Å². The predicted octanol–water partition coefficient (Wildman–Crippen LogP) is 4.34. The maximum atomic E-state index is 12.4. The van der Waals surface area contributed by atoms with Crippen molar-refractivity contribution in [2.45, 2.75) is 13.8 Å². The van der Waals surface area contributed by atoms with Gasteiger partial charge in [-0.05, 0) is 50.2 Å². The number of hydrogen-bond acceptors (Lipinski definition) is 4. The van der Waals surface area contributed by atoms with Crippen molar-refractivity contribution < 1.29 is 4.42 Å². The Labute approximate surface area is 139 Å². The number of anilines is 1. The van der Waals surface area contributed by atoms with Crippen molar-refractivity contribution in [2.75, 3.05) is 18.0 Å². The van der Waals surface area contributed by atoms with E-state index in [1.807, 2.05) is 30.3 Å². The van der Waals surface area contributed by atoms with Gasteiger partial charge in [-0.2, -0.15) is 0 Å². The number of benzene rings is 2. The van der Waals surface area contributed by atoms with Crippen LogP contribution in [-0.2, 0) is 0 Å². The molecule has 0 N–H and O–H groups in total. The first-order chi connectivity index (χ1) is 11.7. The molecule has 24 heavy (non-hydrogen) atoms. The largest absolute Gasteiger partial charge is 0.422 e. The second kappa shape index (κ2) is 5.64. The molecule has 120 valence electrons. The minimum absolute atomic E-state index is 0.341. The molecular formula is C20H18N2O2. The van der Waals surface area contributed by atoms with E-state index in [-0.39, 0.29) is 5.63 Å². The zero-order valence-corrected chi connectivity index (χ0v) is 13.7. The summed E-state index contributed by atoms with van der Waals surface area (Å²) in [5, 5.41) is 2.34. The molecule has 0 bridgehead atoms. The Morgan fingerprint density at radius 2 is 1.79 bits per heavy atom. The van der Waals surface area contributed by atoms with E-state index in [0.29, 0.717) is 16.5 Å². The van der Waals surface area contributed by atoms with E-state index in [1.54, 1.807) is 6.07 Å². The van der Waals surface area contributed by atoms with E-state index in [4.69, 9.17) is 9.40 Å². The summed E-state index contributed by atoms with van der Waals surface area (Å²) < 4.78 is 5.44. The molecule has 4 aromatic rings. The van der Waals surface area contributed by atoms with Crippen LogP contribution in [0.15, 0.2) is 57.7 Å². The Bertz CT molecular complexity index is 1110. The number of fused-ring (bicyclic) bond motifs is 4. The van der Waals surface area contributed by atoms with Gasteiger partial charge >= 0.3 is 5.63 Å². The number of rotatable bonds is 3. The first-order valence-electron chi connectivity index (χ1n) is 8.22. The van der Waals surface area contributed by atoms with E-state index in [2.05, 4.69) is 30.9 Å². The third-order valence-corrected chi connectivity index (χ3v) is 4.49. The summed E-state index contributed by atoms with van der Waals surface area (Å²) in [4.78, 5) is 19.4. The minimum Gasteiger partial charge on any atom is -0.422 e. The van der Waals surface area contributed by atoms with Gasteiger partial charge in [0.1, 0.15) is 5.58 Å². The normalized spacial score (nSPS) is 11.4. The van der Waals surface area contributed by atoms with Gasteiger partial charge < -0.3 is 9.32 Å². The van der Waals surface area contributed by atoms with E-state index in [0.717, 1.165) is 35.1 Å². The van der Waals surface area contributed by atoms with Crippen LogP contribution in [-0.4, -0.2) is 18.1 Å². The molecule has 0 amide bonds. The lowest BCUT2D eigenvalue weighted by molar-refractivity contribution is 0.569. The van der Waals surface area contributed by atoms with Crippen LogP contribution in [0.3, 0.4) is 0 Å². The van der Waals surface area contributed by atoms with Crippen molar-refractivity contribution in [3.8, 4) is 0 Å². The van der Waals surface area contributed by atoms with Crippen LogP contribution in [0.4, 0.5) is 5.69 Å². The predicted molar refractivity (Wildman–Crippen MR) is 98.9 cm³/mol. The second-order valence-electron chi connectivity index (χ2n) is 5.82. The van der Waals surface area contributed by atoms with E-state index in [1.165, 1.54) is 0 Å². The summed E-state index contributed by atoms with van der Waals surface area (Å²) in [5.74, 6) is 0. The average Bonchev–Trinajstić information content (AvgIpc) is 2.61. The van der Waals surface area contributed by atoms with Gasteiger partial charge in [0.05, 0.1) is 16.4 Å². The number of nitrogens with zero attached hydrogens (tertiary/aromatic N) is 2. The Balaban J connectivity index is 2.05. The quantitative estimate of drug-likeness (QED) is 0.320. The van der Waals surface area contributed by atoms with E-state index >= 15 is 0 Å². The highest BCUT2D eigenvalue weighted by Gasteiger charge is 2.11. The van der Waals surface area contributed by atoms with E-state index in [9.17, 15) is 4.79 Å². The molecule has 0 saturated heterocycles. The van der Waals surface area contributed by atoms with Gasteiger partial charge in [-0.15, -0.1) is 0 Å². The van der Waals surface area contributed by atoms with Crippen LogP contribution in [0.1, 0.15) is 13.8 Å². The fourth-order valence-electron chi connectivity index (χ4n) is 3.22. The van der Waals surface area contributed by atoms with Gasteiger partial charge in [0.2, 0.25) is 0 Å². The number of para-hydroxylation sites is 1. The topological polar surface area (TPSA) is 46.3 Å². The summed E-state index contributed by atoms with van der Waals surface area (Å²) in [6.07, 6.45) is 0. The molecule has 2 heterocycles. The van der Waals surface area contributed by atoms with Crippen LogP contribution in [0.5, 0.6) is 0 Å². The van der Waals surface area contributed by atoms with Crippen molar-refractivity contribution in [1.29, 1.82) is 0 Å². The number of hydrogen-bond donors (Lipinski definition) is 0. The molecule has 0 spiro atoms. The van der Waals surface area contributed by atoms with E-state index < -0.39 is 0 Å². The molecule has 0 aliphatic heterocycles. The van der Waals surface area contributed by atoms with Crippen molar-refractivity contribution in [3.05, 3.63) is 59.0 Å². The van der Waals surface area contributed by atoms with Crippen molar-refractivity contribution >= 4 is 38.5 Å². The van der Waals surface area contributed by atoms with Gasteiger partial charge in [0.25, 0.3) is 0 Å². The van der Waals surface area contributed by atoms with Gasteiger partial charge in [-0.1, -0.05) is 12.1 Å². The molecular weight excluding hydrogens is 300 g/mol. The number of aromatic nitrogens is 1. The Hall–Kier alpha value is -2.88. The lowest BCUT2D eigenvalue weighted by atomic mass is 10.1. The highest BCUT2D eigenvalue weighted by molar-refractivity contribution is 6.05. The average molecular weight is 318 g/mol. The minimum atomic E-state index is -0.341. The van der Waals surface area contributed by atoms with Crippen molar-refractivity contribution in [3.63, 3.8) is 0 Å². The first kappa shape index (κ1) is 14.7. The Morgan fingerprint density at radius 3 is 2.58 bits per heavy atom. The van der Waals surface area contributed by atoms with Crippen LogP contribution in [0.25, 0.3) is 32.8 Å². The van der Waals surface area contributed by atoms with Crippen molar-refractivity contribution in [2.24, 2.45) is 0 Å². The standard InChI is InChI=1S/C20H18N2O2/c1-3-22(4-2)14-9-10-17-13(11-14)12-16-19(21-17)15-7-5-6-8-18(15)24-20(16)23/h5-12H,3-4H2,1-2H3. The maximum absolute atomic E-state index is 12.4. The fraction of sp³-hybridized carbons (Fsp3) is 0.200. The van der Waals surface area contributed by atoms with Gasteiger partial charge in [-0.3, -0.25) is 0 Å². The molecule has 0 atom stereocenters. The fourth-order valence-corrected chi connectivity index (χ4v) is 3.22. The second-order valence-corrected chi connectivity index (χ2v) is 5.82. The van der Waals surface area contributed by atoms with Crippen LogP contribution < -0.4 is 10.5 Å². The number of pyridine rings is 1. The molecule has 0 fully saturated rings. The van der Waals surface area contributed by atoms with Gasteiger partial charge in [0.15, 0.2) is 0 Å². The third-order valence-electron chi connectivity index (χ3n) is 4.49. The highest BCUT2D eigenvalue weighted by atomic mass is 16.4. The Kier molecular flexibility index (Phi) is 3.45. The molecule has 2 aromatic heterocycles. The zero-order valence-electron chi connectivity index (χ0n) is 13.7. The molecule has 4 nitrogen and oxygen atoms in total. The summed E-state index contributed by atoms with van der Waals surface area (Å²) in [7, 11) is 0. The van der Waals surface area contributed by atoms with Gasteiger partial charge in [-0.25, -0.2) is 9.78 Å². The van der Waals surface area contributed by atoms with Crippen LogP contribution in [0.2, 0.25) is 0 Å². The summed E-state index contributed by atoms with van der Waals surface area (Å²) >= 11 is 0.